The minimum absolute atomic E-state index is 0.750. The van der Waals surface area contributed by atoms with E-state index in [0.29, 0.717) is 0 Å². The van der Waals surface area contributed by atoms with Gasteiger partial charge in [-0.15, -0.1) is 0 Å². The molecule has 2 heteroatoms. The molecule has 0 saturated carbocycles. The lowest BCUT2D eigenvalue weighted by atomic mass is 10.2. The zero-order valence-corrected chi connectivity index (χ0v) is 7.17. The standard InChI is InChI=1S/C10H12N2/c1-11-7-3-2-5-10-6-4-8-12-9-10/h4,6,8-9,11H,5,7H2,1H3. The molecule has 1 aromatic rings. The van der Waals surface area contributed by atoms with Crippen LogP contribution in [0.1, 0.15) is 5.56 Å². The average molecular weight is 160 g/mol. The van der Waals surface area contributed by atoms with Gasteiger partial charge < -0.3 is 5.32 Å². The highest BCUT2D eigenvalue weighted by molar-refractivity contribution is 5.17. The number of pyridine rings is 1. The van der Waals surface area contributed by atoms with Crippen LogP contribution in [0.2, 0.25) is 0 Å². The zero-order valence-electron chi connectivity index (χ0n) is 7.17. The minimum Gasteiger partial charge on any atom is -0.309 e. The first-order chi connectivity index (χ1) is 5.93. The first-order valence-electron chi connectivity index (χ1n) is 3.92. The van der Waals surface area contributed by atoms with Crippen molar-refractivity contribution in [1.82, 2.24) is 10.3 Å². The van der Waals surface area contributed by atoms with E-state index >= 15 is 0 Å². The van der Waals surface area contributed by atoms with Gasteiger partial charge in [-0.1, -0.05) is 17.9 Å². The Bertz CT molecular complexity index is 269. The Morgan fingerprint density at radius 1 is 1.50 bits per heavy atom. The van der Waals surface area contributed by atoms with Crippen LogP contribution in [0.25, 0.3) is 0 Å². The lowest BCUT2D eigenvalue weighted by molar-refractivity contribution is 0.937. The summed E-state index contributed by atoms with van der Waals surface area (Å²) in [7, 11) is 1.89. The Morgan fingerprint density at radius 2 is 2.42 bits per heavy atom. The van der Waals surface area contributed by atoms with Gasteiger partial charge >= 0.3 is 0 Å². The molecule has 0 radical (unpaired) electrons. The van der Waals surface area contributed by atoms with Gasteiger partial charge in [0.05, 0.1) is 6.54 Å². The molecule has 1 aromatic heterocycles. The molecule has 0 unspecified atom stereocenters. The molecule has 62 valence electrons. The van der Waals surface area contributed by atoms with Crippen molar-refractivity contribution in [3.8, 4) is 11.8 Å². The molecular formula is C10H12N2. The highest BCUT2D eigenvalue weighted by Crippen LogP contribution is 1.94. The molecule has 0 bridgehead atoms. The third kappa shape index (κ3) is 3.18. The number of rotatable bonds is 2. The average Bonchev–Trinajstić information content (AvgIpc) is 2.14. The summed E-state index contributed by atoms with van der Waals surface area (Å²) in [5, 5.41) is 2.96. The lowest BCUT2D eigenvalue weighted by Crippen LogP contribution is -2.04. The van der Waals surface area contributed by atoms with E-state index in [0.717, 1.165) is 13.0 Å². The first kappa shape index (κ1) is 8.76. The smallest absolute Gasteiger partial charge is 0.0574 e. The molecule has 0 aliphatic carbocycles. The number of nitrogens with zero attached hydrogens (tertiary/aromatic N) is 1. The molecule has 1 rings (SSSR count). The quantitative estimate of drug-likeness (QED) is 0.649. The Hall–Kier alpha value is -1.33. The molecule has 0 saturated heterocycles. The van der Waals surface area contributed by atoms with E-state index in [1.165, 1.54) is 5.56 Å². The second kappa shape index (κ2) is 5.34. The summed E-state index contributed by atoms with van der Waals surface area (Å²) in [6.07, 6.45) is 4.40. The van der Waals surface area contributed by atoms with Crippen molar-refractivity contribution in [2.45, 2.75) is 6.42 Å². The largest absolute Gasteiger partial charge is 0.309 e. The fraction of sp³-hybridized carbons (Fsp3) is 0.300. The Morgan fingerprint density at radius 3 is 3.08 bits per heavy atom. The lowest BCUT2D eigenvalue weighted by Gasteiger charge is -1.90. The van der Waals surface area contributed by atoms with Crippen molar-refractivity contribution < 1.29 is 0 Å². The van der Waals surface area contributed by atoms with Crippen LogP contribution in [-0.2, 0) is 6.42 Å². The maximum atomic E-state index is 4.00. The molecular weight excluding hydrogens is 148 g/mol. The van der Waals surface area contributed by atoms with Gasteiger partial charge in [-0.25, -0.2) is 0 Å². The van der Waals surface area contributed by atoms with E-state index in [4.69, 9.17) is 0 Å². The Labute approximate surface area is 73.0 Å². The number of hydrogen-bond donors (Lipinski definition) is 1. The monoisotopic (exact) mass is 160 g/mol. The van der Waals surface area contributed by atoms with Crippen LogP contribution in [0, 0.1) is 11.8 Å². The second-order valence-corrected chi connectivity index (χ2v) is 2.42. The van der Waals surface area contributed by atoms with E-state index in [2.05, 4.69) is 22.1 Å². The van der Waals surface area contributed by atoms with Crippen LogP contribution in [-0.4, -0.2) is 18.6 Å². The number of nitrogens with one attached hydrogen (secondary N) is 1. The SMILES string of the molecule is CNCC#CCc1cccnc1. The molecule has 1 N–H and O–H groups in total. The topological polar surface area (TPSA) is 24.9 Å². The van der Waals surface area contributed by atoms with Gasteiger partial charge in [0.1, 0.15) is 0 Å². The van der Waals surface area contributed by atoms with Gasteiger partial charge in [0.25, 0.3) is 0 Å². The molecule has 12 heavy (non-hydrogen) atoms. The van der Waals surface area contributed by atoms with Crippen molar-refractivity contribution >= 4 is 0 Å². The summed E-state index contributed by atoms with van der Waals surface area (Å²) in [5.41, 5.74) is 1.17. The van der Waals surface area contributed by atoms with Crippen LogP contribution in [0.15, 0.2) is 24.5 Å². The number of aromatic nitrogens is 1. The molecule has 1 heterocycles. The summed E-state index contributed by atoms with van der Waals surface area (Å²) >= 11 is 0. The van der Waals surface area contributed by atoms with Gasteiger partial charge in [-0.05, 0) is 18.7 Å². The summed E-state index contributed by atoms with van der Waals surface area (Å²) in [4.78, 5) is 4.00. The first-order valence-corrected chi connectivity index (χ1v) is 3.92. The van der Waals surface area contributed by atoms with Crippen LogP contribution in [0.4, 0.5) is 0 Å². The van der Waals surface area contributed by atoms with Crippen molar-refractivity contribution in [3.05, 3.63) is 30.1 Å². The predicted molar refractivity (Wildman–Crippen MR) is 49.6 cm³/mol. The Balaban J connectivity index is 2.40. The van der Waals surface area contributed by atoms with Gasteiger partial charge in [0.2, 0.25) is 0 Å². The molecule has 0 aliphatic heterocycles. The van der Waals surface area contributed by atoms with E-state index in [9.17, 15) is 0 Å². The normalized spacial score (nSPS) is 8.75. The van der Waals surface area contributed by atoms with Gasteiger partial charge in [-0.2, -0.15) is 0 Å². The fourth-order valence-electron chi connectivity index (χ4n) is 0.818. The molecule has 0 spiro atoms. The van der Waals surface area contributed by atoms with Gasteiger partial charge in [0, 0.05) is 18.8 Å². The van der Waals surface area contributed by atoms with Crippen LogP contribution < -0.4 is 5.32 Å². The third-order valence-electron chi connectivity index (χ3n) is 1.41. The molecule has 0 fully saturated rings. The van der Waals surface area contributed by atoms with Crippen LogP contribution in [0.3, 0.4) is 0 Å². The van der Waals surface area contributed by atoms with Crippen molar-refractivity contribution in [3.63, 3.8) is 0 Å². The molecule has 0 atom stereocenters. The predicted octanol–water partition coefficient (Wildman–Crippen LogP) is 0.847. The summed E-state index contributed by atoms with van der Waals surface area (Å²) in [5.74, 6) is 6.04. The van der Waals surface area contributed by atoms with Gasteiger partial charge in [0.15, 0.2) is 0 Å². The maximum Gasteiger partial charge on any atom is 0.0574 e. The van der Waals surface area contributed by atoms with E-state index in [1.807, 2.05) is 25.4 Å². The van der Waals surface area contributed by atoms with Gasteiger partial charge in [-0.3, -0.25) is 4.98 Å². The van der Waals surface area contributed by atoms with Crippen molar-refractivity contribution in [2.75, 3.05) is 13.6 Å². The van der Waals surface area contributed by atoms with E-state index in [1.54, 1.807) is 6.20 Å². The van der Waals surface area contributed by atoms with Crippen molar-refractivity contribution in [1.29, 1.82) is 0 Å². The summed E-state index contributed by atoms with van der Waals surface area (Å²) < 4.78 is 0. The molecule has 0 aromatic carbocycles. The minimum atomic E-state index is 0.750. The zero-order chi connectivity index (χ0) is 8.65. The van der Waals surface area contributed by atoms with E-state index in [-0.39, 0.29) is 0 Å². The van der Waals surface area contributed by atoms with Crippen LogP contribution in [0.5, 0.6) is 0 Å². The Kier molecular flexibility index (Phi) is 3.90. The highest BCUT2D eigenvalue weighted by atomic mass is 14.8. The number of hydrogen-bond acceptors (Lipinski definition) is 2. The summed E-state index contributed by atoms with van der Waals surface area (Å²) in [6.45, 7) is 0.750. The molecule has 0 amide bonds. The molecule has 2 nitrogen and oxygen atoms in total. The summed E-state index contributed by atoms with van der Waals surface area (Å²) in [6, 6.07) is 3.95. The second-order valence-electron chi connectivity index (χ2n) is 2.42. The fourth-order valence-corrected chi connectivity index (χ4v) is 0.818. The third-order valence-corrected chi connectivity index (χ3v) is 1.41. The highest BCUT2D eigenvalue weighted by Gasteiger charge is 1.84. The molecule has 0 aliphatic rings. The maximum absolute atomic E-state index is 4.00. The van der Waals surface area contributed by atoms with Crippen molar-refractivity contribution in [2.24, 2.45) is 0 Å². The van der Waals surface area contributed by atoms with E-state index < -0.39 is 0 Å². The van der Waals surface area contributed by atoms with Crippen LogP contribution >= 0.6 is 0 Å².